The minimum atomic E-state index is -4.29. The van der Waals surface area contributed by atoms with E-state index in [9.17, 15) is 14.5 Å². The third-order valence-electron chi connectivity index (χ3n) is 6.52. The highest BCUT2D eigenvalue weighted by Crippen LogP contribution is 2.48. The lowest BCUT2D eigenvalue weighted by atomic mass is 9.98. The van der Waals surface area contributed by atoms with Crippen molar-refractivity contribution in [3.8, 4) is 5.75 Å². The number of halogens is 1. The molecule has 0 amide bonds. The van der Waals surface area contributed by atoms with Gasteiger partial charge in [-0.1, -0.05) is 32.0 Å². The second-order valence-corrected chi connectivity index (χ2v) is 12.9. The number of hydrogen-bond donors (Lipinski definition) is 4. The number of nitrogens with two attached hydrogens (primary N) is 1. The maximum Gasteiger partial charge on any atom is 0.459 e. The predicted octanol–water partition coefficient (Wildman–Crippen LogP) is 3.60. The number of alkyl halides is 1. The molecule has 16 heteroatoms. The van der Waals surface area contributed by atoms with Crippen LogP contribution in [-0.4, -0.2) is 73.8 Å². The maximum absolute atomic E-state index is 16.1. The number of ether oxygens (including phenoxy) is 2. The summed E-state index contributed by atoms with van der Waals surface area (Å²) in [6.07, 6.45) is -3.51. The van der Waals surface area contributed by atoms with Gasteiger partial charge in [-0.05, 0) is 45.7 Å². The highest BCUT2D eigenvalue weighted by molar-refractivity contribution is 7.52. The van der Waals surface area contributed by atoms with E-state index in [-0.39, 0.29) is 17.3 Å². The Hall–Kier alpha value is -3.36. The Morgan fingerprint density at radius 3 is 2.58 bits per heavy atom. The Bertz CT molecular complexity index is 1460. The summed E-state index contributed by atoms with van der Waals surface area (Å²) in [6, 6.07) is 7.06. The average molecular weight is 624 g/mol. The van der Waals surface area contributed by atoms with E-state index in [2.05, 4.69) is 25.4 Å². The van der Waals surface area contributed by atoms with Crippen molar-refractivity contribution in [3.05, 3.63) is 36.7 Å². The molecule has 0 unspecified atom stereocenters. The average Bonchev–Trinajstić information content (AvgIpc) is 3.43. The summed E-state index contributed by atoms with van der Waals surface area (Å²) < 4.78 is 53.6. The lowest BCUT2D eigenvalue weighted by molar-refractivity contribution is -0.149. The van der Waals surface area contributed by atoms with Crippen LogP contribution in [0.5, 0.6) is 5.75 Å². The molecule has 2 aromatic heterocycles. The number of nitrogens with zero attached hydrogens (tertiary/aromatic N) is 4. The zero-order chi connectivity index (χ0) is 31.5. The number of hydrogen-bond acceptors (Lipinski definition) is 12. The van der Waals surface area contributed by atoms with Gasteiger partial charge in [-0.25, -0.2) is 13.9 Å². The molecule has 3 heterocycles. The van der Waals surface area contributed by atoms with Gasteiger partial charge in [0.2, 0.25) is 5.95 Å². The predicted molar refractivity (Wildman–Crippen MR) is 157 cm³/mol. The zero-order valence-electron chi connectivity index (χ0n) is 24.9. The van der Waals surface area contributed by atoms with E-state index in [0.717, 1.165) is 0 Å². The van der Waals surface area contributed by atoms with Crippen LogP contribution in [0.3, 0.4) is 0 Å². The van der Waals surface area contributed by atoms with E-state index in [1.807, 2.05) is 13.8 Å². The number of aliphatic hydroxyl groups is 1. The normalized spacial score (nSPS) is 24.3. The fraction of sp³-hybridized carbons (Fsp3) is 0.556. The van der Waals surface area contributed by atoms with E-state index in [1.165, 1.54) is 24.7 Å². The van der Waals surface area contributed by atoms with Gasteiger partial charge < -0.3 is 30.2 Å². The maximum atomic E-state index is 16.1. The van der Waals surface area contributed by atoms with Gasteiger partial charge in [0.25, 0.3) is 0 Å². The van der Waals surface area contributed by atoms with Gasteiger partial charge in [-0.2, -0.15) is 15.1 Å². The fourth-order valence-electron chi connectivity index (χ4n) is 4.39. The quantitative estimate of drug-likeness (QED) is 0.160. The zero-order valence-corrected chi connectivity index (χ0v) is 25.8. The van der Waals surface area contributed by atoms with Crippen LogP contribution in [0.25, 0.3) is 11.2 Å². The summed E-state index contributed by atoms with van der Waals surface area (Å²) >= 11 is 0. The Morgan fingerprint density at radius 1 is 1.23 bits per heavy atom. The van der Waals surface area contributed by atoms with Crippen molar-refractivity contribution in [1.29, 1.82) is 0 Å². The monoisotopic (exact) mass is 623 g/mol. The van der Waals surface area contributed by atoms with Crippen molar-refractivity contribution in [2.45, 2.75) is 77.8 Å². The van der Waals surface area contributed by atoms with Crippen molar-refractivity contribution in [1.82, 2.24) is 24.6 Å². The number of fused-ring (bicyclic) bond motifs is 1. The largest absolute Gasteiger partial charge is 0.462 e. The minimum absolute atomic E-state index is 0.0605. The molecule has 4 rings (SSSR count). The second kappa shape index (κ2) is 13.1. The molecule has 0 spiro atoms. The number of carbonyl (C=O) groups is 1. The number of rotatable bonds is 13. The van der Waals surface area contributed by atoms with E-state index in [1.54, 1.807) is 44.2 Å². The topological polar surface area (TPSA) is 185 Å². The summed E-state index contributed by atoms with van der Waals surface area (Å²) in [5.41, 5.74) is 4.11. The smallest absolute Gasteiger partial charge is 0.459 e. The van der Waals surface area contributed by atoms with Crippen LogP contribution in [-0.2, 0) is 23.4 Å². The molecule has 0 bridgehead atoms. The van der Waals surface area contributed by atoms with Crippen LogP contribution in [0.2, 0.25) is 0 Å². The van der Waals surface area contributed by atoms with Crippen LogP contribution in [0.4, 0.5) is 16.2 Å². The van der Waals surface area contributed by atoms with Gasteiger partial charge in [0.05, 0.1) is 19.0 Å². The number of carbonyl (C=O) groups excluding carboxylic acids is 1. The van der Waals surface area contributed by atoms with Gasteiger partial charge in [-0.15, -0.1) is 0 Å². The Morgan fingerprint density at radius 2 is 1.93 bits per heavy atom. The summed E-state index contributed by atoms with van der Waals surface area (Å²) in [5.74, 6) is 0.128. The van der Waals surface area contributed by atoms with Crippen LogP contribution in [0.15, 0.2) is 36.7 Å². The Labute approximate surface area is 249 Å². The molecule has 43 heavy (non-hydrogen) atoms. The SMILES string of the molecule is CC(C)CNc1nc(N)nc2c1ncn2[C@@H]1O[C@H](CO[P@](=O)(N[C@@H](C)C(=O)OC(C)C)Oc2ccccc2)[C@@H](O)[C@@]1(C)F. The third kappa shape index (κ3) is 7.60. The molecule has 3 aromatic rings. The highest BCUT2D eigenvalue weighted by Gasteiger charge is 2.56. The standard InChI is InChI=1S/C27H39FN7O7P/c1-15(2)12-30-22-20-23(33-26(29)32-22)35(14-31-20)25-27(6,28)21(36)19(41-25)13-39-43(38,42-18-10-8-7-9-11-18)34-17(5)24(37)40-16(3)4/h7-11,14-17,19,21,25,36H,12-13H2,1-6H3,(H,34,38)(H3,29,30,32,33)/t17-,19+,21+,25+,27+,43+/m0/s1. The van der Waals surface area contributed by atoms with Crippen molar-refractivity contribution in [3.63, 3.8) is 0 Å². The molecule has 14 nitrogen and oxygen atoms in total. The molecular formula is C27H39FN7O7P. The number of aliphatic hydroxyl groups excluding tert-OH is 1. The third-order valence-corrected chi connectivity index (χ3v) is 8.16. The molecule has 0 aliphatic carbocycles. The molecule has 1 saturated heterocycles. The number of benzene rings is 1. The fourth-order valence-corrected chi connectivity index (χ4v) is 5.89. The summed E-state index contributed by atoms with van der Waals surface area (Å²) in [5, 5.41) is 16.7. The lowest BCUT2D eigenvalue weighted by Crippen LogP contribution is -2.41. The van der Waals surface area contributed by atoms with E-state index < -0.39 is 56.6 Å². The molecule has 1 fully saturated rings. The van der Waals surface area contributed by atoms with Crippen LogP contribution < -0.4 is 20.7 Å². The first-order valence-electron chi connectivity index (χ1n) is 13.9. The summed E-state index contributed by atoms with van der Waals surface area (Å²) in [6.45, 7) is 10.0. The summed E-state index contributed by atoms with van der Waals surface area (Å²) in [4.78, 5) is 25.2. The highest BCUT2D eigenvalue weighted by atomic mass is 31.2. The van der Waals surface area contributed by atoms with Gasteiger partial charge in [0.15, 0.2) is 28.9 Å². The van der Waals surface area contributed by atoms with Gasteiger partial charge in [-0.3, -0.25) is 13.9 Å². The van der Waals surface area contributed by atoms with Crippen molar-refractivity contribution < 1.29 is 37.4 Å². The molecular weight excluding hydrogens is 584 g/mol. The van der Waals surface area contributed by atoms with E-state index in [4.69, 9.17) is 24.3 Å². The first-order valence-corrected chi connectivity index (χ1v) is 15.5. The first kappa shape index (κ1) is 32.6. The number of imidazole rings is 1. The van der Waals surface area contributed by atoms with E-state index in [0.29, 0.717) is 23.8 Å². The molecule has 1 aliphatic heterocycles. The first-order chi connectivity index (χ1) is 20.2. The number of nitrogens with one attached hydrogen (secondary N) is 2. The molecule has 0 saturated carbocycles. The number of anilines is 2. The Kier molecular flexibility index (Phi) is 9.92. The molecule has 5 N–H and O–H groups in total. The number of aromatic nitrogens is 4. The van der Waals surface area contributed by atoms with Crippen molar-refractivity contribution in [2.75, 3.05) is 24.2 Å². The molecule has 1 aromatic carbocycles. The number of esters is 1. The number of para-hydroxylation sites is 1. The molecule has 1 aliphatic rings. The molecule has 0 radical (unpaired) electrons. The van der Waals surface area contributed by atoms with E-state index >= 15 is 4.39 Å². The van der Waals surface area contributed by atoms with Gasteiger partial charge in [0.1, 0.15) is 24.0 Å². The number of nitrogen functional groups attached to an aromatic ring is 1. The molecule has 6 atom stereocenters. The summed E-state index contributed by atoms with van der Waals surface area (Å²) in [7, 11) is -4.29. The lowest BCUT2D eigenvalue weighted by Gasteiger charge is -2.25. The van der Waals surface area contributed by atoms with Crippen molar-refractivity contribution in [2.24, 2.45) is 5.92 Å². The van der Waals surface area contributed by atoms with Gasteiger partial charge in [0, 0.05) is 6.54 Å². The Balaban J connectivity index is 1.56. The van der Waals surface area contributed by atoms with Gasteiger partial charge >= 0.3 is 13.7 Å². The van der Waals surface area contributed by atoms with Crippen LogP contribution >= 0.6 is 7.75 Å². The molecule has 236 valence electrons. The van der Waals surface area contributed by atoms with Crippen LogP contribution in [0.1, 0.15) is 47.8 Å². The van der Waals surface area contributed by atoms with Crippen molar-refractivity contribution >= 4 is 36.6 Å². The second-order valence-electron chi connectivity index (χ2n) is 11.2. The van der Waals surface area contributed by atoms with Crippen LogP contribution in [0, 0.1) is 5.92 Å². The minimum Gasteiger partial charge on any atom is -0.462 e.